The third-order valence-corrected chi connectivity index (χ3v) is 3.60. The summed E-state index contributed by atoms with van der Waals surface area (Å²) in [5.74, 6) is 0.497. The van der Waals surface area contributed by atoms with Gasteiger partial charge >= 0.3 is 0 Å². The number of hydrogen-bond donors (Lipinski definition) is 1. The highest BCUT2D eigenvalue weighted by atomic mass is 35.5. The van der Waals surface area contributed by atoms with E-state index in [0.717, 1.165) is 0 Å². The lowest BCUT2D eigenvalue weighted by molar-refractivity contribution is -0.123. The summed E-state index contributed by atoms with van der Waals surface area (Å²) in [6.45, 7) is -0.245. The first-order chi connectivity index (χ1) is 11.5. The number of halogens is 3. The molecular formula is C16H13Cl3N2O3. The van der Waals surface area contributed by atoms with Crippen LogP contribution in [0.4, 0.5) is 0 Å². The second-order valence-corrected chi connectivity index (χ2v) is 5.82. The number of hydrazone groups is 1. The molecule has 1 amide bonds. The minimum absolute atomic E-state index is 0.245. The van der Waals surface area contributed by atoms with Crippen molar-refractivity contribution in [2.75, 3.05) is 13.7 Å². The SMILES string of the molecule is COc1ccc(Cl)cc1/C=N/NC(=O)COc1ccc(Cl)cc1Cl. The number of amides is 1. The zero-order chi connectivity index (χ0) is 17.5. The molecule has 126 valence electrons. The molecule has 0 heterocycles. The van der Waals surface area contributed by atoms with Crippen LogP contribution >= 0.6 is 34.8 Å². The second-order valence-electron chi connectivity index (χ2n) is 4.54. The summed E-state index contributed by atoms with van der Waals surface area (Å²) in [6, 6.07) is 9.79. The van der Waals surface area contributed by atoms with E-state index in [-0.39, 0.29) is 6.61 Å². The second kappa shape index (κ2) is 8.78. The lowest BCUT2D eigenvalue weighted by Gasteiger charge is -2.07. The van der Waals surface area contributed by atoms with Gasteiger partial charge in [-0.3, -0.25) is 4.79 Å². The summed E-state index contributed by atoms with van der Waals surface area (Å²) in [6.07, 6.45) is 1.43. The van der Waals surface area contributed by atoms with E-state index in [0.29, 0.717) is 32.1 Å². The lowest BCUT2D eigenvalue weighted by atomic mass is 10.2. The number of nitrogens with one attached hydrogen (secondary N) is 1. The number of benzene rings is 2. The molecule has 0 aromatic heterocycles. The van der Waals surface area contributed by atoms with Crippen molar-refractivity contribution in [3.8, 4) is 11.5 Å². The van der Waals surface area contributed by atoms with Gasteiger partial charge in [-0.15, -0.1) is 0 Å². The molecule has 0 saturated heterocycles. The van der Waals surface area contributed by atoms with Gasteiger partial charge in [-0.25, -0.2) is 5.43 Å². The Morgan fingerprint density at radius 3 is 2.46 bits per heavy atom. The third kappa shape index (κ3) is 5.30. The number of carbonyl (C=O) groups is 1. The van der Waals surface area contributed by atoms with E-state index in [2.05, 4.69) is 10.5 Å². The molecule has 0 bridgehead atoms. The summed E-state index contributed by atoms with van der Waals surface area (Å²) in [5.41, 5.74) is 2.97. The van der Waals surface area contributed by atoms with Crippen molar-refractivity contribution in [2.24, 2.45) is 5.10 Å². The predicted molar refractivity (Wildman–Crippen MR) is 95.7 cm³/mol. The average molecular weight is 388 g/mol. The van der Waals surface area contributed by atoms with Crippen LogP contribution in [0.25, 0.3) is 0 Å². The van der Waals surface area contributed by atoms with Gasteiger partial charge in [0.15, 0.2) is 6.61 Å². The number of hydrogen-bond acceptors (Lipinski definition) is 4. The van der Waals surface area contributed by atoms with Crippen LogP contribution in [0, 0.1) is 0 Å². The number of rotatable bonds is 6. The molecule has 8 heteroatoms. The fourth-order valence-electron chi connectivity index (χ4n) is 1.75. The van der Waals surface area contributed by atoms with Crippen LogP contribution in [0.1, 0.15) is 5.56 Å². The summed E-state index contributed by atoms with van der Waals surface area (Å²) in [4.78, 5) is 11.7. The van der Waals surface area contributed by atoms with Crippen LogP contribution in [0.5, 0.6) is 11.5 Å². The van der Waals surface area contributed by atoms with Gasteiger partial charge in [0.2, 0.25) is 0 Å². The van der Waals surface area contributed by atoms with Crippen LogP contribution < -0.4 is 14.9 Å². The summed E-state index contributed by atoms with van der Waals surface area (Å²) in [5, 5.41) is 5.18. The summed E-state index contributed by atoms with van der Waals surface area (Å²) < 4.78 is 10.5. The van der Waals surface area contributed by atoms with Crippen LogP contribution in [-0.2, 0) is 4.79 Å². The number of ether oxygens (including phenoxy) is 2. The molecule has 0 fully saturated rings. The number of nitrogens with zero attached hydrogens (tertiary/aromatic N) is 1. The van der Waals surface area contributed by atoms with Crippen LogP contribution in [0.15, 0.2) is 41.5 Å². The summed E-state index contributed by atoms with van der Waals surface area (Å²) >= 11 is 17.6. The maximum absolute atomic E-state index is 11.7. The van der Waals surface area contributed by atoms with Gasteiger partial charge in [0.05, 0.1) is 18.3 Å². The van der Waals surface area contributed by atoms with Crippen molar-refractivity contribution in [1.29, 1.82) is 0 Å². The monoisotopic (exact) mass is 386 g/mol. The number of carbonyl (C=O) groups excluding carboxylic acids is 1. The first kappa shape index (κ1) is 18.4. The molecule has 0 saturated carbocycles. The fourth-order valence-corrected chi connectivity index (χ4v) is 2.39. The van der Waals surface area contributed by atoms with Crippen LogP contribution in [0.2, 0.25) is 15.1 Å². The first-order valence-corrected chi connectivity index (χ1v) is 7.86. The van der Waals surface area contributed by atoms with Gasteiger partial charge in [-0.1, -0.05) is 34.8 Å². The highest BCUT2D eigenvalue weighted by molar-refractivity contribution is 6.35. The Labute approximate surface area is 154 Å². The van der Waals surface area contributed by atoms with Gasteiger partial charge in [-0.05, 0) is 36.4 Å². The minimum Gasteiger partial charge on any atom is -0.496 e. The van der Waals surface area contributed by atoms with Gasteiger partial charge in [0, 0.05) is 15.6 Å². The molecule has 0 spiro atoms. The molecule has 2 aromatic rings. The smallest absolute Gasteiger partial charge is 0.277 e. The molecule has 0 atom stereocenters. The lowest BCUT2D eigenvalue weighted by Crippen LogP contribution is -2.24. The molecule has 2 rings (SSSR count). The van der Waals surface area contributed by atoms with Crippen LogP contribution in [0.3, 0.4) is 0 Å². The largest absolute Gasteiger partial charge is 0.496 e. The maximum Gasteiger partial charge on any atom is 0.277 e. The van der Waals surface area contributed by atoms with E-state index in [1.807, 2.05) is 0 Å². The summed E-state index contributed by atoms with van der Waals surface area (Å²) in [7, 11) is 1.53. The highest BCUT2D eigenvalue weighted by Gasteiger charge is 2.06. The fraction of sp³-hybridized carbons (Fsp3) is 0.125. The molecule has 5 nitrogen and oxygen atoms in total. The van der Waals surface area contributed by atoms with Crippen molar-refractivity contribution in [3.05, 3.63) is 57.0 Å². The topological polar surface area (TPSA) is 59.9 Å². The number of methoxy groups -OCH3 is 1. The predicted octanol–water partition coefficient (Wildman–Crippen LogP) is 4.18. The van der Waals surface area contributed by atoms with Gasteiger partial charge < -0.3 is 9.47 Å². The first-order valence-electron chi connectivity index (χ1n) is 6.73. The normalized spacial score (nSPS) is 10.7. The van der Waals surface area contributed by atoms with E-state index >= 15 is 0 Å². The molecule has 0 aliphatic carbocycles. The van der Waals surface area contributed by atoms with Gasteiger partial charge in [-0.2, -0.15) is 5.10 Å². The van der Waals surface area contributed by atoms with Crippen molar-refractivity contribution >= 4 is 46.9 Å². The van der Waals surface area contributed by atoms with E-state index in [1.54, 1.807) is 30.3 Å². The Bertz CT molecular complexity index is 766. The maximum atomic E-state index is 11.7. The third-order valence-electron chi connectivity index (χ3n) is 2.84. The van der Waals surface area contributed by atoms with E-state index in [4.69, 9.17) is 44.3 Å². The van der Waals surface area contributed by atoms with E-state index in [1.165, 1.54) is 19.4 Å². The Kier molecular flexibility index (Phi) is 6.73. The Morgan fingerprint density at radius 2 is 1.79 bits per heavy atom. The van der Waals surface area contributed by atoms with E-state index < -0.39 is 5.91 Å². The van der Waals surface area contributed by atoms with Crippen molar-refractivity contribution in [2.45, 2.75) is 0 Å². The molecule has 0 radical (unpaired) electrons. The van der Waals surface area contributed by atoms with Gasteiger partial charge in [0.25, 0.3) is 5.91 Å². The molecule has 0 unspecified atom stereocenters. The van der Waals surface area contributed by atoms with Gasteiger partial charge in [0.1, 0.15) is 11.5 Å². The Hall–Kier alpha value is -1.95. The molecule has 2 aromatic carbocycles. The van der Waals surface area contributed by atoms with Crippen molar-refractivity contribution in [3.63, 3.8) is 0 Å². The molecular weight excluding hydrogens is 375 g/mol. The Balaban J connectivity index is 1.90. The van der Waals surface area contributed by atoms with Crippen molar-refractivity contribution in [1.82, 2.24) is 5.43 Å². The van der Waals surface area contributed by atoms with Crippen molar-refractivity contribution < 1.29 is 14.3 Å². The zero-order valence-corrected chi connectivity index (χ0v) is 14.8. The van der Waals surface area contributed by atoms with Crippen LogP contribution in [-0.4, -0.2) is 25.8 Å². The molecule has 0 aliphatic rings. The zero-order valence-electron chi connectivity index (χ0n) is 12.6. The molecule has 0 aliphatic heterocycles. The molecule has 1 N–H and O–H groups in total. The quantitative estimate of drug-likeness (QED) is 0.597. The Morgan fingerprint density at radius 1 is 1.12 bits per heavy atom. The average Bonchev–Trinajstić information content (AvgIpc) is 2.54. The molecule has 24 heavy (non-hydrogen) atoms. The minimum atomic E-state index is -0.446. The van der Waals surface area contributed by atoms with E-state index in [9.17, 15) is 4.79 Å². The highest BCUT2D eigenvalue weighted by Crippen LogP contribution is 2.27. The standard InChI is InChI=1S/C16H13Cl3N2O3/c1-23-14-4-2-11(17)6-10(14)8-20-21-16(22)9-24-15-5-3-12(18)7-13(15)19/h2-8H,9H2,1H3,(H,21,22)/b20-8+.